The van der Waals surface area contributed by atoms with Gasteiger partial charge in [0.1, 0.15) is 0 Å². The molecule has 2 aromatic heterocycles. The molecule has 1 N–H and O–H groups in total. The van der Waals surface area contributed by atoms with E-state index in [1.54, 1.807) is 0 Å². The van der Waals surface area contributed by atoms with Gasteiger partial charge < -0.3 is 19.7 Å². The second kappa shape index (κ2) is 11.6. The molecule has 0 unspecified atom stereocenters. The summed E-state index contributed by atoms with van der Waals surface area (Å²) in [6.45, 7) is 13.1. The number of rotatable bonds is 5. The zero-order valence-electron chi connectivity index (χ0n) is 24.7. The summed E-state index contributed by atoms with van der Waals surface area (Å²) < 4.78 is 2.29. The molecule has 42 heavy (non-hydrogen) atoms. The Morgan fingerprint density at radius 2 is 1.67 bits per heavy atom. The summed E-state index contributed by atoms with van der Waals surface area (Å²) in [5, 5.41) is 5.72. The molecule has 0 radical (unpaired) electrons. The Labute approximate surface area is 264 Å². The molecule has 2 aliphatic heterocycles. The van der Waals surface area contributed by atoms with E-state index in [-0.39, 0.29) is 12.1 Å². The van der Waals surface area contributed by atoms with E-state index in [0.717, 1.165) is 57.8 Å². The minimum absolute atomic E-state index is 0.135. The number of hydrogen-bond donors (Lipinski definition) is 1. The highest BCUT2D eigenvalue weighted by molar-refractivity contribution is 7.80. The largest absolute Gasteiger partial charge is 0.370 e. The van der Waals surface area contributed by atoms with Crippen molar-refractivity contribution >= 4 is 51.9 Å². The summed E-state index contributed by atoms with van der Waals surface area (Å²) in [6, 6.07) is 20.5. The standard InChI is InChI=1S/C34H37Cl2N5S/c1-20-14-21(2)19-39(18-20)30-12-11-26(17-28(30)36)41-33(32(38-34(41)42)29-8-6-7-13-37-29)27-15-23(4)40(24(27)5)31-16-25(35)10-9-22(31)3/h6-13,15-17,20-21,32-33H,14,18-19H2,1-5H3,(H,38,42)/t20-,21+,32-,33+/m0/s1. The fourth-order valence-electron chi connectivity index (χ4n) is 6.99. The first-order chi connectivity index (χ1) is 20.1. The van der Waals surface area contributed by atoms with Crippen LogP contribution in [0.2, 0.25) is 10.0 Å². The number of anilines is 2. The minimum atomic E-state index is -0.143. The molecule has 0 saturated carbocycles. The quantitative estimate of drug-likeness (QED) is 0.226. The Kier molecular flexibility index (Phi) is 7.99. The Morgan fingerprint density at radius 3 is 2.36 bits per heavy atom. The molecular weight excluding hydrogens is 581 g/mol. The van der Waals surface area contributed by atoms with Crippen LogP contribution in [-0.2, 0) is 0 Å². The van der Waals surface area contributed by atoms with Gasteiger partial charge in [0.15, 0.2) is 5.11 Å². The third-order valence-electron chi connectivity index (χ3n) is 8.72. The summed E-state index contributed by atoms with van der Waals surface area (Å²) in [4.78, 5) is 9.39. The predicted molar refractivity (Wildman–Crippen MR) is 180 cm³/mol. The van der Waals surface area contributed by atoms with Crippen LogP contribution < -0.4 is 15.1 Å². The zero-order chi connectivity index (χ0) is 29.7. The molecule has 0 spiro atoms. The van der Waals surface area contributed by atoms with Gasteiger partial charge in [-0.25, -0.2) is 0 Å². The average molecular weight is 619 g/mol. The van der Waals surface area contributed by atoms with E-state index in [4.69, 9.17) is 40.4 Å². The lowest BCUT2D eigenvalue weighted by Crippen LogP contribution is -2.38. The molecule has 6 rings (SSSR count). The summed E-state index contributed by atoms with van der Waals surface area (Å²) in [5.74, 6) is 1.28. The first-order valence-electron chi connectivity index (χ1n) is 14.6. The maximum Gasteiger partial charge on any atom is 0.174 e. The Bertz CT molecular complexity index is 1620. The highest BCUT2D eigenvalue weighted by atomic mass is 35.5. The van der Waals surface area contributed by atoms with Crippen molar-refractivity contribution in [3.63, 3.8) is 0 Å². The van der Waals surface area contributed by atoms with E-state index in [2.05, 4.69) is 90.7 Å². The molecule has 0 bridgehead atoms. The number of aromatic nitrogens is 2. The molecule has 2 aliphatic rings. The van der Waals surface area contributed by atoms with Crippen LogP contribution in [0.3, 0.4) is 0 Å². The molecule has 5 nitrogen and oxygen atoms in total. The van der Waals surface area contributed by atoms with E-state index >= 15 is 0 Å². The van der Waals surface area contributed by atoms with Crippen LogP contribution in [0.5, 0.6) is 0 Å². The molecular formula is C34H37Cl2N5S. The second-order valence-corrected chi connectivity index (χ2v) is 13.3. The van der Waals surface area contributed by atoms with E-state index in [1.165, 1.54) is 12.0 Å². The molecule has 4 aromatic rings. The first kappa shape index (κ1) is 29.0. The molecule has 8 heteroatoms. The lowest BCUT2D eigenvalue weighted by molar-refractivity contribution is 0.357. The van der Waals surface area contributed by atoms with Crippen LogP contribution in [0.15, 0.2) is 66.9 Å². The number of pyridine rings is 1. The van der Waals surface area contributed by atoms with Gasteiger partial charge in [0, 0.05) is 47.1 Å². The van der Waals surface area contributed by atoms with Crippen LogP contribution in [-0.4, -0.2) is 27.8 Å². The Balaban J connectivity index is 1.45. The predicted octanol–water partition coefficient (Wildman–Crippen LogP) is 8.76. The van der Waals surface area contributed by atoms with Gasteiger partial charge >= 0.3 is 0 Å². The summed E-state index contributed by atoms with van der Waals surface area (Å²) >= 11 is 19.5. The number of hydrogen-bond acceptors (Lipinski definition) is 3. The van der Waals surface area contributed by atoms with Crippen molar-refractivity contribution in [2.75, 3.05) is 22.9 Å². The van der Waals surface area contributed by atoms with Crippen LogP contribution in [0.25, 0.3) is 5.69 Å². The number of aryl methyl sites for hydroxylation is 2. The van der Waals surface area contributed by atoms with Gasteiger partial charge in [0.05, 0.1) is 28.5 Å². The van der Waals surface area contributed by atoms with E-state index in [1.807, 2.05) is 30.5 Å². The third kappa shape index (κ3) is 5.29. The summed E-state index contributed by atoms with van der Waals surface area (Å²) in [5.41, 5.74) is 8.68. The van der Waals surface area contributed by atoms with Crippen molar-refractivity contribution in [3.05, 3.63) is 105 Å². The number of halogens is 2. The molecule has 4 heterocycles. The lowest BCUT2D eigenvalue weighted by Gasteiger charge is -2.37. The fourth-order valence-corrected chi connectivity index (χ4v) is 7.80. The monoisotopic (exact) mass is 617 g/mol. The number of nitrogens with one attached hydrogen (secondary N) is 1. The summed E-state index contributed by atoms with van der Waals surface area (Å²) in [6.07, 6.45) is 3.09. The van der Waals surface area contributed by atoms with Gasteiger partial charge in [0.2, 0.25) is 0 Å². The van der Waals surface area contributed by atoms with Crippen molar-refractivity contribution in [2.45, 2.75) is 53.1 Å². The normalized spacial score (nSPS) is 22.5. The van der Waals surface area contributed by atoms with E-state index in [9.17, 15) is 0 Å². The number of nitrogens with zero attached hydrogens (tertiary/aromatic N) is 4. The Hall–Kier alpha value is -3.06. The highest BCUT2D eigenvalue weighted by Gasteiger charge is 2.42. The van der Waals surface area contributed by atoms with E-state index < -0.39 is 0 Å². The first-order valence-corrected chi connectivity index (χ1v) is 15.8. The molecule has 4 atom stereocenters. The van der Waals surface area contributed by atoms with Crippen molar-refractivity contribution < 1.29 is 0 Å². The van der Waals surface area contributed by atoms with Crippen LogP contribution in [0.1, 0.15) is 60.6 Å². The SMILES string of the molecule is Cc1ccc(Cl)cc1-n1c(C)cc([C@@H]2[C@H](c3ccccn3)NC(=S)N2c2ccc(N3C[C@H](C)C[C@H](C)C3)c(Cl)c2)c1C. The number of piperidine rings is 1. The smallest absolute Gasteiger partial charge is 0.174 e. The van der Waals surface area contributed by atoms with E-state index in [0.29, 0.717) is 22.0 Å². The molecule has 2 fully saturated rings. The van der Waals surface area contributed by atoms with Gasteiger partial charge in [-0.05, 0) is 111 Å². The van der Waals surface area contributed by atoms with Crippen LogP contribution in [0.4, 0.5) is 11.4 Å². The minimum Gasteiger partial charge on any atom is -0.370 e. The van der Waals surface area contributed by atoms with Gasteiger partial charge in [-0.15, -0.1) is 0 Å². The maximum atomic E-state index is 7.04. The molecule has 0 aliphatic carbocycles. The highest BCUT2D eigenvalue weighted by Crippen LogP contribution is 2.45. The van der Waals surface area contributed by atoms with Crippen LogP contribution in [0, 0.1) is 32.6 Å². The van der Waals surface area contributed by atoms with Gasteiger partial charge in [-0.2, -0.15) is 0 Å². The topological polar surface area (TPSA) is 36.3 Å². The molecule has 2 aromatic carbocycles. The van der Waals surface area contributed by atoms with Gasteiger partial charge in [0.25, 0.3) is 0 Å². The zero-order valence-corrected chi connectivity index (χ0v) is 27.1. The number of thiocarbonyl (C=S) groups is 1. The lowest BCUT2D eigenvalue weighted by atomic mass is 9.91. The van der Waals surface area contributed by atoms with Crippen molar-refractivity contribution in [1.29, 1.82) is 0 Å². The second-order valence-electron chi connectivity index (χ2n) is 12.1. The molecule has 218 valence electrons. The van der Waals surface area contributed by atoms with Gasteiger partial charge in [-0.3, -0.25) is 4.98 Å². The van der Waals surface area contributed by atoms with Crippen molar-refractivity contribution in [2.24, 2.45) is 11.8 Å². The summed E-state index contributed by atoms with van der Waals surface area (Å²) in [7, 11) is 0. The van der Waals surface area contributed by atoms with Gasteiger partial charge in [-0.1, -0.05) is 49.2 Å². The van der Waals surface area contributed by atoms with Crippen LogP contribution >= 0.6 is 35.4 Å². The molecule has 2 saturated heterocycles. The fraction of sp³-hybridized carbons (Fsp3) is 0.353. The third-order valence-corrected chi connectivity index (χ3v) is 9.57. The average Bonchev–Trinajstić information content (AvgIpc) is 3.44. The molecule has 0 amide bonds. The van der Waals surface area contributed by atoms with Crippen molar-refractivity contribution in [1.82, 2.24) is 14.9 Å². The van der Waals surface area contributed by atoms with Crippen molar-refractivity contribution in [3.8, 4) is 5.69 Å². The number of benzene rings is 2. The Morgan fingerprint density at radius 1 is 0.905 bits per heavy atom. The maximum absolute atomic E-state index is 7.04.